The number of carbonyl (C=O) groups is 2. The molecule has 0 fully saturated rings. The summed E-state index contributed by atoms with van der Waals surface area (Å²) in [5, 5.41) is 6.45. The van der Waals surface area contributed by atoms with Crippen LogP contribution in [0, 0.1) is 0 Å². The molecule has 1 heterocycles. The van der Waals surface area contributed by atoms with Crippen LogP contribution >= 0.6 is 11.6 Å². The molecule has 0 unspecified atom stereocenters. The lowest BCUT2D eigenvalue weighted by molar-refractivity contribution is 0.101. The van der Waals surface area contributed by atoms with Gasteiger partial charge in [0.25, 0.3) is 5.91 Å². The Morgan fingerprint density at radius 3 is 2.23 bits per heavy atom. The molecule has 1 amide bonds. The fraction of sp³-hybridized carbons (Fsp3) is 0.0526. The number of amides is 1. The van der Waals surface area contributed by atoms with E-state index in [2.05, 4.69) is 20.6 Å². The van der Waals surface area contributed by atoms with Gasteiger partial charge in [-0.1, -0.05) is 11.6 Å². The molecule has 0 spiro atoms. The number of aromatic nitrogens is 2. The molecule has 0 bridgehead atoms. The van der Waals surface area contributed by atoms with Gasteiger partial charge in [-0.05, 0) is 55.5 Å². The van der Waals surface area contributed by atoms with E-state index in [1.54, 1.807) is 54.6 Å². The van der Waals surface area contributed by atoms with Crippen LogP contribution in [0.5, 0.6) is 0 Å². The minimum atomic E-state index is -0.373. The summed E-state index contributed by atoms with van der Waals surface area (Å²) < 4.78 is 0. The molecule has 6 nitrogen and oxygen atoms in total. The number of nitrogens with zero attached hydrogens (tertiary/aromatic N) is 2. The highest BCUT2D eigenvalue weighted by molar-refractivity contribution is 6.30. The van der Waals surface area contributed by atoms with Gasteiger partial charge in [0.05, 0.1) is 0 Å². The minimum absolute atomic E-state index is 0.0309. The van der Waals surface area contributed by atoms with Crippen LogP contribution in [0.3, 0.4) is 0 Å². The van der Waals surface area contributed by atoms with E-state index in [4.69, 9.17) is 11.6 Å². The quantitative estimate of drug-likeness (QED) is 0.656. The third kappa shape index (κ3) is 4.43. The molecule has 0 saturated carbocycles. The Labute approximate surface area is 155 Å². The maximum absolute atomic E-state index is 12.4. The van der Waals surface area contributed by atoms with Gasteiger partial charge in [-0.3, -0.25) is 9.59 Å². The van der Waals surface area contributed by atoms with Crippen molar-refractivity contribution in [2.45, 2.75) is 6.92 Å². The van der Waals surface area contributed by atoms with E-state index in [0.717, 1.165) is 5.69 Å². The number of benzene rings is 2. The maximum atomic E-state index is 12.4. The van der Waals surface area contributed by atoms with Gasteiger partial charge in [0.15, 0.2) is 5.78 Å². The number of hydrogen-bond donors (Lipinski definition) is 2. The Morgan fingerprint density at radius 2 is 1.58 bits per heavy atom. The van der Waals surface area contributed by atoms with Crippen LogP contribution < -0.4 is 10.6 Å². The molecule has 0 aliphatic carbocycles. The van der Waals surface area contributed by atoms with Crippen molar-refractivity contribution >= 4 is 40.5 Å². The number of carbonyl (C=O) groups excluding carboxylic acids is 2. The summed E-state index contributed by atoms with van der Waals surface area (Å²) in [6.07, 6.45) is 1.31. The molecular weight excluding hydrogens is 352 g/mol. The first-order valence-corrected chi connectivity index (χ1v) is 8.16. The van der Waals surface area contributed by atoms with E-state index in [9.17, 15) is 9.59 Å². The first kappa shape index (κ1) is 17.6. The van der Waals surface area contributed by atoms with Crippen molar-refractivity contribution in [3.63, 3.8) is 0 Å². The normalized spacial score (nSPS) is 10.2. The zero-order valence-electron chi connectivity index (χ0n) is 13.9. The third-order valence-electron chi connectivity index (χ3n) is 3.57. The van der Waals surface area contributed by atoms with E-state index < -0.39 is 0 Å². The molecule has 2 N–H and O–H groups in total. The van der Waals surface area contributed by atoms with Gasteiger partial charge >= 0.3 is 0 Å². The highest BCUT2D eigenvalue weighted by Crippen LogP contribution is 2.18. The monoisotopic (exact) mass is 366 g/mol. The standard InChI is InChI=1S/C19H15ClN4O2/c1-12(25)13-2-6-16(7-3-13)24-19(26)17-10-18(22-11-21-17)23-15-8-4-14(20)5-9-15/h2-11H,1H3,(H,24,26)(H,21,22,23). The largest absolute Gasteiger partial charge is 0.340 e. The van der Waals surface area contributed by atoms with Crippen LogP contribution in [-0.2, 0) is 0 Å². The summed E-state index contributed by atoms with van der Waals surface area (Å²) in [5.41, 5.74) is 2.16. The average Bonchev–Trinajstić information content (AvgIpc) is 2.64. The predicted octanol–water partition coefficient (Wildman–Crippen LogP) is 4.33. The first-order valence-electron chi connectivity index (χ1n) is 7.78. The van der Waals surface area contributed by atoms with Crippen LogP contribution in [0.25, 0.3) is 0 Å². The second-order valence-corrected chi connectivity index (χ2v) is 5.94. The third-order valence-corrected chi connectivity index (χ3v) is 3.82. The fourth-order valence-electron chi connectivity index (χ4n) is 2.21. The van der Waals surface area contributed by atoms with Crippen LogP contribution in [0.2, 0.25) is 5.02 Å². The van der Waals surface area contributed by atoms with Gasteiger partial charge in [-0.2, -0.15) is 0 Å². The SMILES string of the molecule is CC(=O)c1ccc(NC(=O)c2cc(Nc3ccc(Cl)cc3)ncn2)cc1. The number of Topliss-reactive ketones (excluding diaryl/α,β-unsaturated/α-hetero) is 1. The average molecular weight is 367 g/mol. The molecule has 2 aromatic carbocycles. The number of rotatable bonds is 5. The lowest BCUT2D eigenvalue weighted by Crippen LogP contribution is -2.14. The smallest absolute Gasteiger partial charge is 0.274 e. The molecule has 0 atom stereocenters. The van der Waals surface area contributed by atoms with Crippen molar-refractivity contribution in [3.8, 4) is 0 Å². The number of nitrogens with one attached hydrogen (secondary N) is 2. The van der Waals surface area contributed by atoms with Crippen LogP contribution in [0.15, 0.2) is 60.9 Å². The highest BCUT2D eigenvalue weighted by atomic mass is 35.5. The summed E-state index contributed by atoms with van der Waals surface area (Å²) in [6.45, 7) is 1.49. The minimum Gasteiger partial charge on any atom is -0.340 e. The number of hydrogen-bond acceptors (Lipinski definition) is 5. The van der Waals surface area contributed by atoms with Crippen molar-refractivity contribution in [3.05, 3.63) is 77.2 Å². The molecule has 7 heteroatoms. The summed E-state index contributed by atoms with van der Waals surface area (Å²) in [7, 11) is 0. The van der Waals surface area contributed by atoms with E-state index >= 15 is 0 Å². The molecule has 3 aromatic rings. The zero-order valence-corrected chi connectivity index (χ0v) is 14.6. The van der Waals surface area contributed by atoms with Gasteiger partial charge in [0, 0.05) is 28.0 Å². The van der Waals surface area contributed by atoms with Crippen LogP contribution in [0.1, 0.15) is 27.8 Å². The molecule has 26 heavy (non-hydrogen) atoms. The van der Waals surface area contributed by atoms with Gasteiger partial charge in [0.2, 0.25) is 0 Å². The van der Waals surface area contributed by atoms with Crippen molar-refractivity contribution in [2.24, 2.45) is 0 Å². The Morgan fingerprint density at radius 1 is 0.923 bits per heavy atom. The van der Waals surface area contributed by atoms with Crippen molar-refractivity contribution in [1.82, 2.24) is 9.97 Å². The van der Waals surface area contributed by atoms with Gasteiger partial charge in [-0.25, -0.2) is 9.97 Å². The molecule has 0 radical (unpaired) electrons. The first-order chi connectivity index (χ1) is 12.5. The predicted molar refractivity (Wildman–Crippen MR) is 101 cm³/mol. The second-order valence-electron chi connectivity index (χ2n) is 5.51. The van der Waals surface area contributed by atoms with Crippen LogP contribution in [-0.4, -0.2) is 21.7 Å². The molecule has 1 aromatic heterocycles. The topological polar surface area (TPSA) is 84.0 Å². The number of ketones is 1. The summed E-state index contributed by atoms with van der Waals surface area (Å²) in [5.74, 6) is 0.0816. The number of halogens is 1. The lowest BCUT2D eigenvalue weighted by atomic mass is 10.1. The van der Waals surface area contributed by atoms with Gasteiger partial charge in [-0.15, -0.1) is 0 Å². The summed E-state index contributed by atoms with van der Waals surface area (Å²) in [6, 6.07) is 15.3. The Hall–Kier alpha value is -3.25. The Balaban J connectivity index is 1.71. The summed E-state index contributed by atoms with van der Waals surface area (Å²) >= 11 is 5.86. The maximum Gasteiger partial charge on any atom is 0.274 e. The lowest BCUT2D eigenvalue weighted by Gasteiger charge is -2.08. The molecule has 0 aliphatic heterocycles. The molecule has 0 aliphatic rings. The van der Waals surface area contributed by atoms with E-state index in [0.29, 0.717) is 22.1 Å². The number of anilines is 3. The molecule has 130 valence electrons. The molecular formula is C19H15ClN4O2. The fourth-order valence-corrected chi connectivity index (χ4v) is 2.34. The van der Waals surface area contributed by atoms with E-state index in [1.165, 1.54) is 13.3 Å². The van der Waals surface area contributed by atoms with Crippen molar-refractivity contribution in [1.29, 1.82) is 0 Å². The highest BCUT2D eigenvalue weighted by Gasteiger charge is 2.10. The summed E-state index contributed by atoms with van der Waals surface area (Å²) in [4.78, 5) is 31.8. The molecule has 3 rings (SSSR count). The van der Waals surface area contributed by atoms with Crippen molar-refractivity contribution in [2.75, 3.05) is 10.6 Å². The van der Waals surface area contributed by atoms with E-state index in [-0.39, 0.29) is 17.4 Å². The van der Waals surface area contributed by atoms with Gasteiger partial charge in [0.1, 0.15) is 17.8 Å². The van der Waals surface area contributed by atoms with Gasteiger partial charge < -0.3 is 10.6 Å². The van der Waals surface area contributed by atoms with Crippen LogP contribution in [0.4, 0.5) is 17.2 Å². The van der Waals surface area contributed by atoms with Crippen molar-refractivity contribution < 1.29 is 9.59 Å². The Kier molecular flexibility index (Phi) is 5.24. The zero-order chi connectivity index (χ0) is 18.5. The molecule has 0 saturated heterocycles. The second kappa shape index (κ2) is 7.76. The Bertz CT molecular complexity index is 941. The van der Waals surface area contributed by atoms with E-state index in [1.807, 2.05) is 0 Å².